The SMILES string of the molecule is CN(Cc1ccccn1)C1CCCCC1C#N. The highest BCUT2D eigenvalue weighted by atomic mass is 15.1. The Balaban J connectivity index is 1.99. The molecule has 2 rings (SSSR count). The quantitative estimate of drug-likeness (QED) is 0.799. The highest BCUT2D eigenvalue weighted by molar-refractivity contribution is 5.04. The lowest BCUT2D eigenvalue weighted by Crippen LogP contribution is -2.39. The molecule has 3 heteroatoms. The molecule has 90 valence electrons. The Bertz CT molecular complexity index is 382. The minimum atomic E-state index is 0.192. The van der Waals surface area contributed by atoms with Crippen LogP contribution in [0.15, 0.2) is 24.4 Å². The first-order valence-corrected chi connectivity index (χ1v) is 6.31. The fourth-order valence-electron chi connectivity index (χ4n) is 2.65. The van der Waals surface area contributed by atoms with Gasteiger partial charge in [-0.2, -0.15) is 5.26 Å². The lowest BCUT2D eigenvalue weighted by Gasteiger charge is -2.34. The van der Waals surface area contributed by atoms with E-state index in [0.717, 1.165) is 25.1 Å². The average Bonchev–Trinajstić information content (AvgIpc) is 2.40. The van der Waals surface area contributed by atoms with Crippen molar-refractivity contribution >= 4 is 0 Å². The molecule has 1 heterocycles. The Kier molecular flexibility index (Phi) is 4.11. The zero-order valence-corrected chi connectivity index (χ0v) is 10.3. The maximum absolute atomic E-state index is 9.18. The van der Waals surface area contributed by atoms with E-state index >= 15 is 0 Å². The fraction of sp³-hybridized carbons (Fsp3) is 0.571. The van der Waals surface area contributed by atoms with Gasteiger partial charge >= 0.3 is 0 Å². The summed E-state index contributed by atoms with van der Waals surface area (Å²) in [6.07, 6.45) is 6.46. The molecule has 0 aromatic carbocycles. The van der Waals surface area contributed by atoms with Crippen LogP contribution in [0.25, 0.3) is 0 Å². The van der Waals surface area contributed by atoms with Crippen LogP contribution >= 0.6 is 0 Å². The summed E-state index contributed by atoms with van der Waals surface area (Å²) >= 11 is 0. The normalized spacial score (nSPS) is 24.5. The fourth-order valence-corrected chi connectivity index (χ4v) is 2.65. The maximum Gasteiger partial charge on any atom is 0.0672 e. The molecule has 17 heavy (non-hydrogen) atoms. The number of aromatic nitrogens is 1. The number of nitrogens with zero attached hydrogens (tertiary/aromatic N) is 3. The van der Waals surface area contributed by atoms with E-state index in [1.165, 1.54) is 12.8 Å². The van der Waals surface area contributed by atoms with Crippen LogP contribution in [0.1, 0.15) is 31.4 Å². The van der Waals surface area contributed by atoms with Gasteiger partial charge in [-0.25, -0.2) is 0 Å². The smallest absolute Gasteiger partial charge is 0.0672 e. The number of pyridine rings is 1. The second-order valence-corrected chi connectivity index (χ2v) is 4.82. The Hall–Kier alpha value is -1.40. The molecule has 0 bridgehead atoms. The van der Waals surface area contributed by atoms with Crippen molar-refractivity contribution in [3.05, 3.63) is 30.1 Å². The van der Waals surface area contributed by atoms with E-state index in [-0.39, 0.29) is 5.92 Å². The lowest BCUT2D eigenvalue weighted by molar-refractivity contribution is 0.149. The van der Waals surface area contributed by atoms with Crippen LogP contribution in [0.2, 0.25) is 0 Å². The average molecular weight is 229 g/mol. The van der Waals surface area contributed by atoms with Crippen molar-refractivity contribution in [2.24, 2.45) is 5.92 Å². The summed E-state index contributed by atoms with van der Waals surface area (Å²) < 4.78 is 0. The van der Waals surface area contributed by atoms with Crippen LogP contribution in [0, 0.1) is 17.2 Å². The van der Waals surface area contributed by atoms with Gasteiger partial charge in [0.05, 0.1) is 17.7 Å². The van der Waals surface area contributed by atoms with E-state index in [9.17, 15) is 5.26 Å². The second kappa shape index (κ2) is 5.79. The van der Waals surface area contributed by atoms with Gasteiger partial charge in [0.15, 0.2) is 0 Å². The van der Waals surface area contributed by atoms with Gasteiger partial charge in [0.25, 0.3) is 0 Å². The molecular formula is C14H19N3. The van der Waals surface area contributed by atoms with Gasteiger partial charge in [-0.3, -0.25) is 9.88 Å². The molecule has 1 aliphatic carbocycles. The monoisotopic (exact) mass is 229 g/mol. The van der Waals surface area contributed by atoms with E-state index in [4.69, 9.17) is 0 Å². The standard InChI is InChI=1S/C14H19N3/c1-17(11-13-7-4-5-9-16-13)14-8-3-2-6-12(14)10-15/h4-5,7,9,12,14H,2-3,6,8,11H2,1H3. The molecule has 1 aliphatic rings. The highest BCUT2D eigenvalue weighted by Gasteiger charge is 2.28. The summed E-state index contributed by atoms with van der Waals surface area (Å²) in [5, 5.41) is 9.18. The predicted molar refractivity (Wildman–Crippen MR) is 67.1 cm³/mol. The minimum Gasteiger partial charge on any atom is -0.296 e. The Morgan fingerprint density at radius 1 is 1.41 bits per heavy atom. The molecule has 3 nitrogen and oxygen atoms in total. The Morgan fingerprint density at radius 2 is 2.24 bits per heavy atom. The highest BCUT2D eigenvalue weighted by Crippen LogP contribution is 2.27. The molecular weight excluding hydrogens is 210 g/mol. The van der Waals surface area contributed by atoms with E-state index in [0.29, 0.717) is 6.04 Å². The van der Waals surface area contributed by atoms with Crippen LogP contribution in [0.5, 0.6) is 0 Å². The summed E-state index contributed by atoms with van der Waals surface area (Å²) in [5.41, 5.74) is 1.08. The van der Waals surface area contributed by atoms with Gasteiger partial charge < -0.3 is 0 Å². The Morgan fingerprint density at radius 3 is 2.94 bits per heavy atom. The zero-order chi connectivity index (χ0) is 12.1. The van der Waals surface area contributed by atoms with Gasteiger partial charge in [-0.1, -0.05) is 18.9 Å². The summed E-state index contributed by atoms with van der Waals surface area (Å²) in [7, 11) is 2.11. The summed E-state index contributed by atoms with van der Waals surface area (Å²) in [6.45, 7) is 0.837. The summed E-state index contributed by atoms with van der Waals surface area (Å²) in [4.78, 5) is 6.63. The molecule has 0 spiro atoms. The Labute approximate surface area is 103 Å². The summed E-state index contributed by atoms with van der Waals surface area (Å²) in [5.74, 6) is 0.192. The first-order valence-electron chi connectivity index (χ1n) is 6.31. The molecule has 1 fully saturated rings. The number of hydrogen-bond donors (Lipinski definition) is 0. The van der Waals surface area contributed by atoms with Crippen molar-refractivity contribution in [2.45, 2.75) is 38.3 Å². The second-order valence-electron chi connectivity index (χ2n) is 4.82. The molecule has 0 N–H and O–H groups in total. The van der Waals surface area contributed by atoms with Crippen LogP contribution in [0.3, 0.4) is 0 Å². The van der Waals surface area contributed by atoms with E-state index in [1.54, 1.807) is 0 Å². The molecule has 1 aromatic heterocycles. The molecule has 1 aromatic rings. The topological polar surface area (TPSA) is 39.9 Å². The van der Waals surface area contributed by atoms with Crippen LogP contribution in [0.4, 0.5) is 0 Å². The number of rotatable bonds is 3. The van der Waals surface area contributed by atoms with Gasteiger partial charge in [-0.05, 0) is 32.0 Å². The molecule has 2 atom stereocenters. The van der Waals surface area contributed by atoms with Gasteiger partial charge in [0.1, 0.15) is 0 Å². The first-order chi connectivity index (χ1) is 8.31. The van der Waals surface area contributed by atoms with Gasteiger partial charge in [0, 0.05) is 18.8 Å². The molecule has 1 saturated carbocycles. The van der Waals surface area contributed by atoms with Gasteiger partial charge in [-0.15, -0.1) is 0 Å². The van der Waals surface area contributed by atoms with Crippen LogP contribution < -0.4 is 0 Å². The van der Waals surface area contributed by atoms with Crippen molar-refractivity contribution in [1.82, 2.24) is 9.88 Å². The summed E-state index contributed by atoms with van der Waals surface area (Å²) in [6, 6.07) is 8.85. The van der Waals surface area contributed by atoms with E-state index < -0.39 is 0 Å². The molecule has 2 unspecified atom stereocenters. The zero-order valence-electron chi connectivity index (χ0n) is 10.3. The van der Waals surface area contributed by atoms with Crippen molar-refractivity contribution in [3.63, 3.8) is 0 Å². The third-order valence-corrected chi connectivity index (χ3v) is 3.60. The minimum absolute atomic E-state index is 0.192. The first kappa shape index (κ1) is 12.1. The predicted octanol–water partition coefficient (Wildman–Crippen LogP) is 2.60. The third-order valence-electron chi connectivity index (χ3n) is 3.60. The molecule has 0 amide bonds. The number of nitriles is 1. The van der Waals surface area contributed by atoms with E-state index in [2.05, 4.69) is 23.0 Å². The largest absolute Gasteiger partial charge is 0.296 e. The number of hydrogen-bond acceptors (Lipinski definition) is 3. The van der Waals surface area contributed by atoms with Crippen LogP contribution in [-0.4, -0.2) is 23.0 Å². The third kappa shape index (κ3) is 3.04. The van der Waals surface area contributed by atoms with Gasteiger partial charge in [0.2, 0.25) is 0 Å². The maximum atomic E-state index is 9.18. The van der Waals surface area contributed by atoms with Crippen LogP contribution in [-0.2, 0) is 6.54 Å². The lowest BCUT2D eigenvalue weighted by atomic mass is 9.84. The van der Waals surface area contributed by atoms with Crippen molar-refractivity contribution in [1.29, 1.82) is 5.26 Å². The van der Waals surface area contributed by atoms with Crippen molar-refractivity contribution < 1.29 is 0 Å². The van der Waals surface area contributed by atoms with Crippen molar-refractivity contribution in [2.75, 3.05) is 7.05 Å². The molecule has 0 radical (unpaired) electrons. The van der Waals surface area contributed by atoms with Crippen molar-refractivity contribution in [3.8, 4) is 6.07 Å². The molecule has 0 saturated heterocycles. The molecule has 0 aliphatic heterocycles. The van der Waals surface area contributed by atoms with E-state index in [1.807, 2.05) is 24.4 Å².